The number of hydrogen-bond acceptors (Lipinski definition) is 4. The Hall–Kier alpha value is -1.82. The second-order valence-corrected chi connectivity index (χ2v) is 7.19. The number of thiazole rings is 1. The average molecular weight is 381 g/mol. The number of aryl methyl sites for hydroxylation is 1. The summed E-state index contributed by atoms with van der Waals surface area (Å²) in [6.07, 6.45) is -0.725. The van der Waals surface area contributed by atoms with Crippen LogP contribution in [0.3, 0.4) is 0 Å². The Kier molecular flexibility index (Phi) is 4.94. The molecule has 0 aliphatic rings. The number of carbonyl (C=O) groups is 1. The monoisotopic (exact) mass is 380 g/mol. The van der Waals surface area contributed by atoms with Crippen LogP contribution >= 0.6 is 34.5 Å². The molecule has 3 aromatic rings. The first kappa shape index (κ1) is 17.0. The molecule has 1 aromatic heterocycles. The Bertz CT molecular complexity index is 911. The lowest BCUT2D eigenvalue weighted by atomic mass is 10.2. The van der Waals surface area contributed by atoms with Crippen molar-refractivity contribution >= 4 is 55.8 Å². The summed E-state index contributed by atoms with van der Waals surface area (Å²) in [6.45, 7) is 3.67. The van der Waals surface area contributed by atoms with Crippen molar-refractivity contribution in [2.24, 2.45) is 0 Å². The van der Waals surface area contributed by atoms with Crippen LogP contribution in [0.15, 0.2) is 36.4 Å². The summed E-state index contributed by atoms with van der Waals surface area (Å²) < 4.78 is 6.63. The molecule has 0 bridgehead atoms. The summed E-state index contributed by atoms with van der Waals surface area (Å²) in [5, 5.41) is 4.18. The fourth-order valence-corrected chi connectivity index (χ4v) is 3.53. The van der Waals surface area contributed by atoms with E-state index in [2.05, 4.69) is 10.3 Å². The number of rotatable bonds is 4. The molecule has 0 unspecified atom stereocenters. The average Bonchev–Trinajstić information content (AvgIpc) is 2.91. The molecule has 1 N–H and O–H groups in total. The molecule has 0 fully saturated rings. The molecule has 4 nitrogen and oxygen atoms in total. The number of halogens is 2. The minimum atomic E-state index is -0.725. The van der Waals surface area contributed by atoms with Crippen molar-refractivity contribution in [3.05, 3.63) is 52.0 Å². The SMILES string of the molecule is Cc1ccc2nc(NC(=O)[C@H](C)Oc3ccc(Cl)cc3Cl)sc2c1. The largest absolute Gasteiger partial charge is 0.479 e. The number of carbonyl (C=O) groups excluding carboxylic acids is 1. The summed E-state index contributed by atoms with van der Waals surface area (Å²) in [4.78, 5) is 16.7. The van der Waals surface area contributed by atoms with Crippen LogP contribution in [-0.4, -0.2) is 17.0 Å². The molecule has 0 aliphatic heterocycles. The highest BCUT2D eigenvalue weighted by Crippen LogP contribution is 2.29. The third-order valence-electron chi connectivity index (χ3n) is 3.34. The fourth-order valence-electron chi connectivity index (χ4n) is 2.11. The van der Waals surface area contributed by atoms with Crippen LogP contribution < -0.4 is 10.1 Å². The maximum Gasteiger partial charge on any atom is 0.266 e. The minimum absolute atomic E-state index is 0.295. The summed E-state index contributed by atoms with van der Waals surface area (Å²) in [7, 11) is 0. The van der Waals surface area contributed by atoms with Crippen LogP contribution in [0, 0.1) is 6.92 Å². The maximum atomic E-state index is 12.3. The zero-order valence-electron chi connectivity index (χ0n) is 13.0. The number of hydrogen-bond donors (Lipinski definition) is 1. The summed E-state index contributed by atoms with van der Waals surface area (Å²) in [5.41, 5.74) is 2.01. The molecule has 0 radical (unpaired) electrons. The predicted molar refractivity (Wildman–Crippen MR) is 99.5 cm³/mol. The van der Waals surface area contributed by atoms with Crippen LogP contribution in [0.5, 0.6) is 5.75 Å². The van der Waals surface area contributed by atoms with E-state index < -0.39 is 6.10 Å². The molecule has 0 saturated carbocycles. The van der Waals surface area contributed by atoms with Gasteiger partial charge < -0.3 is 4.74 Å². The second-order valence-electron chi connectivity index (χ2n) is 5.31. The summed E-state index contributed by atoms with van der Waals surface area (Å²) in [6, 6.07) is 10.8. The number of amides is 1. The van der Waals surface area contributed by atoms with Gasteiger partial charge in [0.05, 0.1) is 15.2 Å². The van der Waals surface area contributed by atoms with Crippen molar-refractivity contribution < 1.29 is 9.53 Å². The number of anilines is 1. The van der Waals surface area contributed by atoms with Gasteiger partial charge in [-0.2, -0.15) is 0 Å². The smallest absolute Gasteiger partial charge is 0.266 e. The van der Waals surface area contributed by atoms with Gasteiger partial charge in [0.2, 0.25) is 0 Å². The van der Waals surface area contributed by atoms with Gasteiger partial charge in [-0.25, -0.2) is 4.98 Å². The molecule has 3 rings (SSSR count). The van der Waals surface area contributed by atoms with E-state index in [1.165, 1.54) is 11.3 Å². The van der Waals surface area contributed by atoms with Gasteiger partial charge in [-0.05, 0) is 49.7 Å². The Balaban J connectivity index is 1.70. The highest BCUT2D eigenvalue weighted by Gasteiger charge is 2.18. The molecule has 1 atom stereocenters. The van der Waals surface area contributed by atoms with Gasteiger partial charge in [-0.15, -0.1) is 0 Å². The van der Waals surface area contributed by atoms with Gasteiger partial charge in [0.1, 0.15) is 5.75 Å². The highest BCUT2D eigenvalue weighted by molar-refractivity contribution is 7.22. The number of nitrogens with one attached hydrogen (secondary N) is 1. The van der Waals surface area contributed by atoms with E-state index in [0.717, 1.165) is 15.8 Å². The summed E-state index contributed by atoms with van der Waals surface area (Å²) >= 11 is 13.3. The molecular formula is C17H14Cl2N2O2S. The second kappa shape index (κ2) is 6.97. The van der Waals surface area contributed by atoms with E-state index >= 15 is 0 Å². The minimum Gasteiger partial charge on any atom is -0.479 e. The molecule has 2 aromatic carbocycles. The molecule has 0 saturated heterocycles. The van der Waals surface area contributed by atoms with Gasteiger partial charge in [0.25, 0.3) is 5.91 Å². The van der Waals surface area contributed by atoms with Gasteiger partial charge in [0.15, 0.2) is 11.2 Å². The van der Waals surface area contributed by atoms with Gasteiger partial charge >= 0.3 is 0 Å². The zero-order chi connectivity index (χ0) is 17.3. The number of aromatic nitrogens is 1. The first-order valence-electron chi connectivity index (χ1n) is 7.22. The molecule has 24 heavy (non-hydrogen) atoms. The molecule has 0 spiro atoms. The zero-order valence-corrected chi connectivity index (χ0v) is 15.3. The fraction of sp³-hybridized carbons (Fsp3) is 0.176. The van der Waals surface area contributed by atoms with Gasteiger partial charge in [-0.1, -0.05) is 40.6 Å². The Labute approximate surface area is 153 Å². The van der Waals surface area contributed by atoms with Crippen LogP contribution in [0.25, 0.3) is 10.2 Å². The third-order valence-corrected chi connectivity index (χ3v) is 4.81. The lowest BCUT2D eigenvalue weighted by Crippen LogP contribution is -2.30. The third kappa shape index (κ3) is 3.80. The Morgan fingerprint density at radius 2 is 2.04 bits per heavy atom. The summed E-state index contributed by atoms with van der Waals surface area (Å²) in [5.74, 6) is 0.112. The quantitative estimate of drug-likeness (QED) is 0.666. The predicted octanol–water partition coefficient (Wildman–Crippen LogP) is 5.32. The molecule has 124 valence electrons. The van der Waals surface area contributed by atoms with E-state index in [1.54, 1.807) is 25.1 Å². The van der Waals surface area contributed by atoms with Crippen molar-refractivity contribution in [1.29, 1.82) is 0 Å². The molecular weight excluding hydrogens is 367 g/mol. The number of benzene rings is 2. The Morgan fingerprint density at radius 3 is 2.79 bits per heavy atom. The van der Waals surface area contributed by atoms with Crippen molar-refractivity contribution in [1.82, 2.24) is 4.98 Å². The first-order chi connectivity index (χ1) is 11.4. The van der Waals surface area contributed by atoms with Gasteiger partial charge in [0, 0.05) is 5.02 Å². The number of nitrogens with zero attached hydrogens (tertiary/aromatic N) is 1. The lowest BCUT2D eigenvalue weighted by Gasteiger charge is -2.14. The van der Waals surface area contributed by atoms with Crippen LogP contribution in [0.1, 0.15) is 12.5 Å². The van der Waals surface area contributed by atoms with Crippen molar-refractivity contribution in [2.75, 3.05) is 5.32 Å². The number of ether oxygens (including phenoxy) is 1. The molecule has 0 aliphatic carbocycles. The van der Waals surface area contributed by atoms with E-state index in [4.69, 9.17) is 27.9 Å². The normalized spacial score (nSPS) is 12.2. The van der Waals surface area contributed by atoms with E-state index in [9.17, 15) is 4.79 Å². The lowest BCUT2D eigenvalue weighted by molar-refractivity contribution is -0.122. The first-order valence-corrected chi connectivity index (χ1v) is 8.79. The van der Waals surface area contributed by atoms with E-state index in [0.29, 0.717) is 20.9 Å². The van der Waals surface area contributed by atoms with Crippen LogP contribution in [0.4, 0.5) is 5.13 Å². The molecule has 1 amide bonds. The van der Waals surface area contributed by atoms with Crippen molar-refractivity contribution in [3.8, 4) is 5.75 Å². The van der Waals surface area contributed by atoms with Crippen molar-refractivity contribution in [3.63, 3.8) is 0 Å². The van der Waals surface area contributed by atoms with Crippen LogP contribution in [0.2, 0.25) is 10.0 Å². The highest BCUT2D eigenvalue weighted by atomic mass is 35.5. The molecule has 1 heterocycles. The standard InChI is InChI=1S/C17H14Cl2N2O2S/c1-9-3-5-13-15(7-9)24-17(20-13)21-16(22)10(2)23-14-6-4-11(18)8-12(14)19/h3-8,10H,1-2H3,(H,20,21,22)/t10-/m0/s1. The molecule has 7 heteroatoms. The Morgan fingerprint density at radius 1 is 1.25 bits per heavy atom. The van der Waals surface area contributed by atoms with Crippen LogP contribution in [-0.2, 0) is 4.79 Å². The topological polar surface area (TPSA) is 51.2 Å². The maximum absolute atomic E-state index is 12.3. The van der Waals surface area contributed by atoms with Crippen molar-refractivity contribution in [2.45, 2.75) is 20.0 Å². The van der Waals surface area contributed by atoms with E-state index in [1.807, 2.05) is 25.1 Å². The number of fused-ring (bicyclic) bond motifs is 1. The van der Waals surface area contributed by atoms with Gasteiger partial charge in [-0.3, -0.25) is 10.1 Å². The van der Waals surface area contributed by atoms with E-state index in [-0.39, 0.29) is 5.91 Å².